The first-order chi connectivity index (χ1) is 9.65. The van der Waals surface area contributed by atoms with Crippen LogP contribution >= 0.6 is 0 Å². The van der Waals surface area contributed by atoms with Crippen molar-refractivity contribution in [3.63, 3.8) is 0 Å². The summed E-state index contributed by atoms with van der Waals surface area (Å²) < 4.78 is 26.9. The maximum Gasteiger partial charge on any atom is 0.240 e. The first-order valence-electron chi connectivity index (χ1n) is 6.99. The Bertz CT molecular complexity index is 563. The molecule has 0 radical (unpaired) electrons. The average Bonchev–Trinajstić information content (AvgIpc) is 2.36. The van der Waals surface area contributed by atoms with Gasteiger partial charge in [0.15, 0.2) is 0 Å². The van der Waals surface area contributed by atoms with Crippen molar-refractivity contribution < 1.29 is 13.5 Å². The minimum atomic E-state index is -3.61. The van der Waals surface area contributed by atoms with Crippen LogP contribution in [0.25, 0.3) is 0 Å². The SMILES string of the molecule is CC(C)N(CCNS(=O)(=O)c1ccc(O)c(N)c1)C(C)C. The number of anilines is 1. The zero-order chi connectivity index (χ0) is 16.2. The Balaban J connectivity index is 2.71. The third kappa shape index (κ3) is 4.87. The van der Waals surface area contributed by atoms with Gasteiger partial charge in [0, 0.05) is 25.2 Å². The Labute approximate surface area is 127 Å². The predicted molar refractivity (Wildman–Crippen MR) is 84.7 cm³/mol. The fourth-order valence-corrected chi connectivity index (χ4v) is 3.26. The molecule has 120 valence electrons. The zero-order valence-corrected chi connectivity index (χ0v) is 13.8. The average molecular weight is 315 g/mol. The number of phenolic OH excluding ortho intramolecular Hbond substituents is 1. The van der Waals surface area contributed by atoms with Gasteiger partial charge in [-0.25, -0.2) is 13.1 Å². The highest BCUT2D eigenvalue weighted by molar-refractivity contribution is 7.89. The Morgan fingerprint density at radius 3 is 2.29 bits per heavy atom. The van der Waals surface area contributed by atoms with E-state index in [0.717, 1.165) is 0 Å². The zero-order valence-electron chi connectivity index (χ0n) is 13.0. The molecular formula is C14H25N3O3S. The molecule has 1 rings (SSSR count). The Morgan fingerprint density at radius 2 is 1.81 bits per heavy atom. The van der Waals surface area contributed by atoms with Crippen LogP contribution in [0.4, 0.5) is 5.69 Å². The number of rotatable bonds is 7. The summed E-state index contributed by atoms with van der Waals surface area (Å²) in [6.07, 6.45) is 0. The van der Waals surface area contributed by atoms with E-state index in [4.69, 9.17) is 5.73 Å². The first kappa shape index (κ1) is 17.7. The summed E-state index contributed by atoms with van der Waals surface area (Å²) in [4.78, 5) is 2.26. The topological polar surface area (TPSA) is 95.7 Å². The highest BCUT2D eigenvalue weighted by Gasteiger charge is 2.17. The van der Waals surface area contributed by atoms with E-state index in [2.05, 4.69) is 37.3 Å². The van der Waals surface area contributed by atoms with Gasteiger partial charge in [-0.05, 0) is 45.9 Å². The van der Waals surface area contributed by atoms with Gasteiger partial charge in [-0.15, -0.1) is 0 Å². The van der Waals surface area contributed by atoms with Gasteiger partial charge in [-0.3, -0.25) is 4.90 Å². The van der Waals surface area contributed by atoms with Crippen LogP contribution in [-0.2, 0) is 10.0 Å². The lowest BCUT2D eigenvalue weighted by molar-refractivity contribution is 0.179. The van der Waals surface area contributed by atoms with Gasteiger partial charge in [0.25, 0.3) is 0 Å². The van der Waals surface area contributed by atoms with Crippen LogP contribution in [0.1, 0.15) is 27.7 Å². The van der Waals surface area contributed by atoms with Gasteiger partial charge in [0.05, 0.1) is 10.6 Å². The standard InChI is InChI=1S/C14H25N3O3S/c1-10(2)17(11(3)4)8-7-16-21(19,20)12-5-6-14(18)13(15)9-12/h5-6,9-11,16,18H,7-8,15H2,1-4H3. The second kappa shape index (κ2) is 7.11. The molecule has 0 spiro atoms. The van der Waals surface area contributed by atoms with E-state index in [1.807, 2.05) is 0 Å². The summed E-state index contributed by atoms with van der Waals surface area (Å²) in [6.45, 7) is 9.26. The second-order valence-electron chi connectivity index (χ2n) is 5.54. The molecule has 0 unspecified atom stereocenters. The Hall–Kier alpha value is -1.31. The number of benzene rings is 1. The molecule has 1 aromatic carbocycles. The number of nitrogens with zero attached hydrogens (tertiary/aromatic N) is 1. The molecule has 0 aromatic heterocycles. The van der Waals surface area contributed by atoms with Crippen molar-refractivity contribution in [3.05, 3.63) is 18.2 Å². The molecule has 0 aliphatic heterocycles. The fraction of sp³-hybridized carbons (Fsp3) is 0.571. The van der Waals surface area contributed by atoms with Crippen LogP contribution in [0, 0.1) is 0 Å². The summed E-state index contributed by atoms with van der Waals surface area (Å²) >= 11 is 0. The number of nitrogen functional groups attached to an aromatic ring is 1. The number of nitrogens with two attached hydrogens (primary N) is 1. The molecule has 0 bridgehead atoms. The van der Waals surface area contributed by atoms with E-state index < -0.39 is 10.0 Å². The molecule has 0 saturated heterocycles. The van der Waals surface area contributed by atoms with Gasteiger partial charge in [0.1, 0.15) is 5.75 Å². The summed E-state index contributed by atoms with van der Waals surface area (Å²) in [5, 5.41) is 9.33. The molecule has 0 aliphatic rings. The molecule has 1 aromatic rings. The number of phenols is 1. The smallest absolute Gasteiger partial charge is 0.240 e. The number of aromatic hydroxyl groups is 1. The number of nitrogens with one attached hydrogen (secondary N) is 1. The summed E-state index contributed by atoms with van der Waals surface area (Å²) in [5.41, 5.74) is 5.57. The van der Waals surface area contributed by atoms with Crippen LogP contribution in [0.5, 0.6) is 5.75 Å². The largest absolute Gasteiger partial charge is 0.506 e. The first-order valence-corrected chi connectivity index (χ1v) is 8.47. The monoisotopic (exact) mass is 315 g/mol. The molecule has 21 heavy (non-hydrogen) atoms. The molecule has 0 atom stereocenters. The summed E-state index contributed by atoms with van der Waals surface area (Å²) in [7, 11) is -3.61. The third-order valence-electron chi connectivity index (χ3n) is 3.30. The maximum absolute atomic E-state index is 12.2. The van der Waals surface area contributed by atoms with Crippen LogP contribution < -0.4 is 10.5 Å². The van der Waals surface area contributed by atoms with Gasteiger partial charge in [-0.1, -0.05) is 0 Å². The van der Waals surface area contributed by atoms with Crippen LogP contribution in [0.15, 0.2) is 23.1 Å². The highest BCUT2D eigenvalue weighted by Crippen LogP contribution is 2.22. The molecule has 7 heteroatoms. The van der Waals surface area contributed by atoms with Crippen LogP contribution in [-0.4, -0.2) is 43.6 Å². The third-order valence-corrected chi connectivity index (χ3v) is 4.76. The van der Waals surface area contributed by atoms with Crippen molar-refractivity contribution in [2.45, 2.75) is 44.7 Å². The van der Waals surface area contributed by atoms with Crippen molar-refractivity contribution in [3.8, 4) is 5.75 Å². The maximum atomic E-state index is 12.2. The van der Waals surface area contributed by atoms with E-state index in [1.165, 1.54) is 18.2 Å². The second-order valence-corrected chi connectivity index (χ2v) is 7.31. The van der Waals surface area contributed by atoms with Crippen molar-refractivity contribution >= 4 is 15.7 Å². The van der Waals surface area contributed by atoms with Gasteiger partial charge in [-0.2, -0.15) is 0 Å². The molecule has 0 saturated carbocycles. The van der Waals surface area contributed by atoms with Crippen molar-refractivity contribution in [2.75, 3.05) is 18.8 Å². The molecule has 0 heterocycles. The predicted octanol–water partition coefficient (Wildman–Crippen LogP) is 1.37. The number of hydrogen-bond acceptors (Lipinski definition) is 5. The highest BCUT2D eigenvalue weighted by atomic mass is 32.2. The van der Waals surface area contributed by atoms with Crippen molar-refractivity contribution in [1.82, 2.24) is 9.62 Å². The normalized spacial score (nSPS) is 12.5. The molecule has 4 N–H and O–H groups in total. The molecule has 0 fully saturated rings. The quantitative estimate of drug-likeness (QED) is 0.522. The molecule has 6 nitrogen and oxygen atoms in total. The minimum absolute atomic E-state index is 0.0452. The molecule has 0 aliphatic carbocycles. The van der Waals surface area contributed by atoms with E-state index in [-0.39, 0.29) is 16.3 Å². The Morgan fingerprint density at radius 1 is 1.24 bits per heavy atom. The van der Waals surface area contributed by atoms with Gasteiger partial charge >= 0.3 is 0 Å². The fourth-order valence-electron chi connectivity index (χ4n) is 2.20. The summed E-state index contributed by atoms with van der Waals surface area (Å²) in [5.74, 6) is -0.125. The van der Waals surface area contributed by atoms with Crippen LogP contribution in [0.3, 0.4) is 0 Å². The lowest BCUT2D eigenvalue weighted by Crippen LogP contribution is -2.42. The van der Waals surface area contributed by atoms with E-state index in [9.17, 15) is 13.5 Å². The number of hydrogen-bond donors (Lipinski definition) is 3. The molecule has 0 amide bonds. The minimum Gasteiger partial charge on any atom is -0.506 e. The van der Waals surface area contributed by atoms with Gasteiger partial charge < -0.3 is 10.8 Å². The van der Waals surface area contributed by atoms with Gasteiger partial charge in [0.2, 0.25) is 10.0 Å². The van der Waals surface area contributed by atoms with Crippen LogP contribution in [0.2, 0.25) is 0 Å². The summed E-state index contributed by atoms with van der Waals surface area (Å²) in [6, 6.07) is 4.55. The van der Waals surface area contributed by atoms with E-state index in [1.54, 1.807) is 0 Å². The Kier molecular flexibility index (Phi) is 6.00. The lowest BCUT2D eigenvalue weighted by atomic mass is 10.2. The van der Waals surface area contributed by atoms with Crippen molar-refractivity contribution in [1.29, 1.82) is 0 Å². The molecular weight excluding hydrogens is 290 g/mol. The lowest BCUT2D eigenvalue weighted by Gasteiger charge is -2.30. The number of sulfonamides is 1. The van der Waals surface area contributed by atoms with Crippen molar-refractivity contribution in [2.24, 2.45) is 0 Å². The van der Waals surface area contributed by atoms with E-state index >= 15 is 0 Å². The van der Waals surface area contributed by atoms with E-state index in [0.29, 0.717) is 25.2 Å².